The molecular weight excluding hydrogens is 199 g/mol. The maximum absolute atomic E-state index is 13.3. The summed E-state index contributed by atoms with van der Waals surface area (Å²) < 4.78 is 18.8. The first-order chi connectivity index (χ1) is 6.89. The normalized spacial score (nSPS) is 17.0. The Hall–Kier alpha value is -1.58. The Morgan fingerprint density at radius 2 is 2.20 bits per heavy atom. The third-order valence-corrected chi connectivity index (χ3v) is 2.38. The Balaban J connectivity index is 2.50. The summed E-state index contributed by atoms with van der Waals surface area (Å²) in [5.74, 6) is -1.55. The number of hydrogen-bond acceptors (Lipinski definition) is 2. The number of aromatic carboxylic acids is 1. The molecule has 0 unspecified atom stereocenters. The Morgan fingerprint density at radius 3 is 2.80 bits per heavy atom. The van der Waals surface area contributed by atoms with Gasteiger partial charge in [0.1, 0.15) is 17.2 Å². The van der Waals surface area contributed by atoms with E-state index < -0.39 is 11.8 Å². The lowest BCUT2D eigenvalue weighted by Gasteiger charge is -2.16. The number of halogens is 1. The smallest absolute Gasteiger partial charge is 0.338 e. The highest BCUT2D eigenvalue weighted by molar-refractivity contribution is 5.88. The molecule has 2 rings (SSSR count). The van der Waals surface area contributed by atoms with Gasteiger partial charge in [0.2, 0.25) is 0 Å². The van der Waals surface area contributed by atoms with Crippen molar-refractivity contribution in [3.05, 3.63) is 29.1 Å². The number of ether oxygens (including phenoxy) is 1. The maximum Gasteiger partial charge on any atom is 0.338 e. The molecule has 0 spiro atoms. The van der Waals surface area contributed by atoms with Crippen LogP contribution >= 0.6 is 0 Å². The molecule has 1 aromatic rings. The summed E-state index contributed by atoms with van der Waals surface area (Å²) in [5, 5.41) is 8.75. The lowest BCUT2D eigenvalue weighted by atomic mass is 10.00. The van der Waals surface area contributed by atoms with Crippen molar-refractivity contribution >= 4 is 5.97 Å². The molecule has 0 radical (unpaired) electrons. The third kappa shape index (κ3) is 1.67. The van der Waals surface area contributed by atoms with Gasteiger partial charge in [-0.25, -0.2) is 9.18 Å². The van der Waals surface area contributed by atoms with Crippen LogP contribution in [0.5, 0.6) is 5.75 Å². The highest BCUT2D eigenvalue weighted by atomic mass is 19.1. The first-order valence-electron chi connectivity index (χ1n) is 4.64. The Bertz CT molecular complexity index is 438. The van der Waals surface area contributed by atoms with Crippen LogP contribution in [0.2, 0.25) is 0 Å². The minimum atomic E-state index is -1.25. The fourth-order valence-electron chi connectivity index (χ4n) is 1.79. The molecule has 0 amide bonds. The van der Waals surface area contributed by atoms with E-state index >= 15 is 0 Å². The monoisotopic (exact) mass is 210 g/mol. The number of carboxylic acids is 1. The molecule has 1 heterocycles. The average Bonchev–Trinajstić information content (AvgIpc) is 2.36. The summed E-state index contributed by atoms with van der Waals surface area (Å²) in [6.45, 7) is 3.76. The van der Waals surface area contributed by atoms with E-state index in [2.05, 4.69) is 0 Å². The topological polar surface area (TPSA) is 46.5 Å². The average molecular weight is 210 g/mol. The third-order valence-electron chi connectivity index (χ3n) is 2.38. The molecule has 80 valence electrons. The van der Waals surface area contributed by atoms with Gasteiger partial charge in [0, 0.05) is 12.5 Å². The first kappa shape index (κ1) is 9.96. The summed E-state index contributed by atoms with van der Waals surface area (Å²) in [4.78, 5) is 10.7. The van der Waals surface area contributed by atoms with E-state index in [1.54, 1.807) is 0 Å². The van der Waals surface area contributed by atoms with Crippen LogP contribution in [-0.2, 0) is 6.42 Å². The molecule has 1 aromatic carbocycles. The van der Waals surface area contributed by atoms with Gasteiger partial charge in [-0.05, 0) is 25.5 Å². The zero-order valence-electron chi connectivity index (χ0n) is 8.50. The van der Waals surface area contributed by atoms with Gasteiger partial charge < -0.3 is 9.84 Å². The van der Waals surface area contributed by atoms with E-state index in [1.807, 2.05) is 13.8 Å². The molecule has 3 nitrogen and oxygen atoms in total. The van der Waals surface area contributed by atoms with Gasteiger partial charge in [-0.3, -0.25) is 0 Å². The van der Waals surface area contributed by atoms with Crippen LogP contribution in [0.1, 0.15) is 29.8 Å². The summed E-state index contributed by atoms with van der Waals surface area (Å²) in [7, 11) is 0. The Labute approximate surface area is 86.5 Å². The van der Waals surface area contributed by atoms with Crippen molar-refractivity contribution in [1.29, 1.82) is 0 Å². The van der Waals surface area contributed by atoms with Gasteiger partial charge >= 0.3 is 5.97 Å². The molecule has 0 aliphatic carbocycles. The second kappa shape index (κ2) is 2.95. The van der Waals surface area contributed by atoms with E-state index in [0.717, 1.165) is 11.6 Å². The first-order valence-corrected chi connectivity index (χ1v) is 4.64. The van der Waals surface area contributed by atoms with Crippen molar-refractivity contribution in [2.75, 3.05) is 0 Å². The van der Waals surface area contributed by atoms with Crippen LogP contribution in [0, 0.1) is 5.82 Å². The van der Waals surface area contributed by atoms with E-state index in [-0.39, 0.29) is 11.2 Å². The van der Waals surface area contributed by atoms with Crippen molar-refractivity contribution in [2.45, 2.75) is 25.9 Å². The maximum atomic E-state index is 13.3. The second-order valence-corrected chi connectivity index (χ2v) is 4.28. The predicted octanol–water partition coefficient (Wildman–Crippen LogP) is 2.24. The Morgan fingerprint density at radius 1 is 1.53 bits per heavy atom. The number of rotatable bonds is 1. The molecule has 1 N–H and O–H groups in total. The summed E-state index contributed by atoms with van der Waals surface area (Å²) in [6, 6.07) is 2.50. The number of fused-ring (bicyclic) bond motifs is 1. The zero-order valence-corrected chi connectivity index (χ0v) is 8.50. The molecule has 0 aromatic heterocycles. The molecule has 4 heteroatoms. The zero-order chi connectivity index (χ0) is 11.2. The summed E-state index contributed by atoms with van der Waals surface area (Å²) in [6.07, 6.45) is 0.600. The van der Waals surface area contributed by atoms with E-state index in [1.165, 1.54) is 6.07 Å². The van der Waals surface area contributed by atoms with Crippen molar-refractivity contribution in [3.8, 4) is 5.75 Å². The summed E-state index contributed by atoms with van der Waals surface area (Å²) in [5.41, 5.74) is 0.0696. The van der Waals surface area contributed by atoms with Crippen LogP contribution in [0.4, 0.5) is 4.39 Å². The minimum Gasteiger partial charge on any atom is -0.487 e. The quantitative estimate of drug-likeness (QED) is 0.773. The number of carboxylic acid groups (broad SMARTS) is 1. The molecule has 0 fully saturated rings. The molecular formula is C11H11FO3. The largest absolute Gasteiger partial charge is 0.487 e. The fraction of sp³-hybridized carbons (Fsp3) is 0.364. The van der Waals surface area contributed by atoms with Crippen LogP contribution in [-0.4, -0.2) is 16.7 Å². The molecule has 0 atom stereocenters. The molecule has 15 heavy (non-hydrogen) atoms. The van der Waals surface area contributed by atoms with Crippen LogP contribution in [0.25, 0.3) is 0 Å². The predicted molar refractivity (Wildman–Crippen MR) is 51.8 cm³/mol. The number of carbonyl (C=O) groups is 1. The van der Waals surface area contributed by atoms with Gasteiger partial charge in [-0.1, -0.05) is 0 Å². The molecule has 0 saturated heterocycles. The van der Waals surface area contributed by atoms with Crippen molar-refractivity contribution < 1.29 is 19.0 Å². The van der Waals surface area contributed by atoms with E-state index in [9.17, 15) is 9.18 Å². The summed E-state index contributed by atoms with van der Waals surface area (Å²) >= 11 is 0. The van der Waals surface area contributed by atoms with Crippen molar-refractivity contribution in [3.63, 3.8) is 0 Å². The van der Waals surface area contributed by atoms with Gasteiger partial charge in [-0.2, -0.15) is 0 Å². The minimum absolute atomic E-state index is 0.296. The highest BCUT2D eigenvalue weighted by Crippen LogP contribution is 2.36. The van der Waals surface area contributed by atoms with Crippen LogP contribution in [0.15, 0.2) is 12.1 Å². The highest BCUT2D eigenvalue weighted by Gasteiger charge is 2.31. The van der Waals surface area contributed by atoms with Crippen LogP contribution < -0.4 is 4.74 Å². The van der Waals surface area contributed by atoms with E-state index in [0.29, 0.717) is 12.2 Å². The van der Waals surface area contributed by atoms with Crippen molar-refractivity contribution in [2.24, 2.45) is 0 Å². The fourth-order valence-corrected chi connectivity index (χ4v) is 1.79. The van der Waals surface area contributed by atoms with Crippen molar-refractivity contribution in [1.82, 2.24) is 0 Å². The Kier molecular flexibility index (Phi) is 1.96. The van der Waals surface area contributed by atoms with Gasteiger partial charge in [0.05, 0.1) is 5.56 Å². The molecule has 1 aliphatic heterocycles. The molecule has 0 saturated carbocycles. The van der Waals surface area contributed by atoms with Gasteiger partial charge in [0.15, 0.2) is 0 Å². The second-order valence-electron chi connectivity index (χ2n) is 4.28. The van der Waals surface area contributed by atoms with E-state index in [4.69, 9.17) is 9.84 Å². The van der Waals surface area contributed by atoms with Gasteiger partial charge in [0.25, 0.3) is 0 Å². The van der Waals surface area contributed by atoms with Gasteiger partial charge in [-0.15, -0.1) is 0 Å². The molecule has 0 bridgehead atoms. The SMILES string of the molecule is CC1(C)Cc2cc(C(=O)O)c(F)cc2O1. The lowest BCUT2D eigenvalue weighted by molar-refractivity contribution is 0.0692. The van der Waals surface area contributed by atoms with Crippen LogP contribution in [0.3, 0.4) is 0 Å². The number of benzene rings is 1. The standard InChI is InChI=1S/C11H11FO3/c1-11(2)5-6-3-7(10(13)14)8(12)4-9(6)15-11/h3-4H,5H2,1-2H3,(H,13,14). The molecule has 1 aliphatic rings. The number of hydrogen-bond donors (Lipinski definition) is 1. The lowest BCUT2D eigenvalue weighted by Crippen LogP contribution is -2.24.